The summed E-state index contributed by atoms with van der Waals surface area (Å²) < 4.78 is 22.4. The van der Waals surface area contributed by atoms with Crippen LogP contribution in [0.1, 0.15) is 0 Å². The van der Waals surface area contributed by atoms with Gasteiger partial charge >= 0.3 is 0 Å². The van der Waals surface area contributed by atoms with Gasteiger partial charge in [-0.1, -0.05) is 12.1 Å². The van der Waals surface area contributed by atoms with Crippen molar-refractivity contribution in [3.8, 4) is 0 Å². The molecule has 0 saturated carbocycles. The second kappa shape index (κ2) is 3.61. The second-order valence-corrected chi connectivity index (χ2v) is 5.70. The van der Waals surface area contributed by atoms with Crippen molar-refractivity contribution in [1.29, 1.82) is 0 Å². The van der Waals surface area contributed by atoms with Gasteiger partial charge in [0.1, 0.15) is 0 Å². The van der Waals surface area contributed by atoms with Crippen LogP contribution in [0.4, 0.5) is 5.69 Å². The molecular weight excluding hydrogens is 198 g/mol. The van der Waals surface area contributed by atoms with E-state index in [4.69, 9.17) is 0 Å². The van der Waals surface area contributed by atoms with Gasteiger partial charge in [-0.25, -0.2) is 8.42 Å². The van der Waals surface area contributed by atoms with Crippen LogP contribution in [0, 0.1) is 6.07 Å². The largest absolute Gasteiger partial charge is 0.369 e. The van der Waals surface area contributed by atoms with Crippen LogP contribution >= 0.6 is 0 Å². The SMILES string of the molecule is O=S1(=O)CCN(c2cc[c]cc2)CC1. The summed E-state index contributed by atoms with van der Waals surface area (Å²) in [5.41, 5.74) is 1.08. The minimum atomic E-state index is -2.77. The van der Waals surface area contributed by atoms with Crippen molar-refractivity contribution in [3.05, 3.63) is 30.3 Å². The number of nitrogens with zero attached hydrogens (tertiary/aromatic N) is 1. The number of rotatable bonds is 1. The number of anilines is 1. The molecule has 1 aliphatic rings. The summed E-state index contributed by atoms with van der Waals surface area (Å²) >= 11 is 0. The fourth-order valence-corrected chi connectivity index (χ4v) is 2.76. The zero-order chi connectivity index (χ0) is 10.0. The fourth-order valence-electron chi connectivity index (χ4n) is 1.56. The lowest BCUT2D eigenvalue weighted by molar-refractivity contribution is 0.587. The molecular formula is C10H12NO2S. The maximum absolute atomic E-state index is 11.2. The monoisotopic (exact) mass is 210 g/mol. The van der Waals surface area contributed by atoms with Gasteiger partial charge in [-0.3, -0.25) is 0 Å². The average molecular weight is 210 g/mol. The first-order chi connectivity index (χ1) is 6.67. The van der Waals surface area contributed by atoms with E-state index >= 15 is 0 Å². The highest BCUT2D eigenvalue weighted by atomic mass is 32.2. The minimum absolute atomic E-state index is 0.269. The third-order valence-electron chi connectivity index (χ3n) is 2.41. The Balaban J connectivity index is 2.10. The molecule has 1 aromatic rings. The van der Waals surface area contributed by atoms with E-state index in [9.17, 15) is 8.42 Å². The Morgan fingerprint density at radius 3 is 2.29 bits per heavy atom. The maximum Gasteiger partial charge on any atom is 0.153 e. The van der Waals surface area contributed by atoms with Gasteiger partial charge in [0.25, 0.3) is 0 Å². The Hall–Kier alpha value is -1.03. The first kappa shape index (κ1) is 9.52. The molecule has 0 aliphatic carbocycles. The van der Waals surface area contributed by atoms with Gasteiger partial charge in [-0.05, 0) is 18.2 Å². The topological polar surface area (TPSA) is 37.4 Å². The molecule has 0 bridgehead atoms. The third-order valence-corrected chi connectivity index (χ3v) is 4.02. The number of hydrogen-bond donors (Lipinski definition) is 0. The molecule has 0 aromatic heterocycles. The van der Waals surface area contributed by atoms with E-state index in [0.717, 1.165) is 5.69 Å². The summed E-state index contributed by atoms with van der Waals surface area (Å²) in [6.07, 6.45) is 0. The molecule has 1 radical (unpaired) electrons. The Bertz CT molecular complexity index is 385. The number of hydrogen-bond acceptors (Lipinski definition) is 3. The van der Waals surface area contributed by atoms with Crippen LogP contribution in [0.25, 0.3) is 0 Å². The van der Waals surface area contributed by atoms with E-state index in [1.807, 2.05) is 24.3 Å². The van der Waals surface area contributed by atoms with Crippen LogP contribution in [0.15, 0.2) is 24.3 Å². The highest BCUT2D eigenvalue weighted by Crippen LogP contribution is 2.15. The van der Waals surface area contributed by atoms with Gasteiger partial charge in [-0.15, -0.1) is 0 Å². The van der Waals surface area contributed by atoms with E-state index in [1.165, 1.54) is 0 Å². The van der Waals surface area contributed by atoms with Crippen LogP contribution in [-0.4, -0.2) is 33.0 Å². The molecule has 0 atom stereocenters. The summed E-state index contributed by atoms with van der Waals surface area (Å²) in [7, 11) is -2.77. The van der Waals surface area contributed by atoms with Crippen LogP contribution in [0.3, 0.4) is 0 Å². The van der Waals surface area contributed by atoms with Crippen LogP contribution in [0.5, 0.6) is 0 Å². The first-order valence-corrected chi connectivity index (χ1v) is 6.41. The molecule has 0 N–H and O–H groups in total. The van der Waals surface area contributed by atoms with E-state index in [0.29, 0.717) is 13.1 Å². The van der Waals surface area contributed by atoms with Gasteiger partial charge in [0.15, 0.2) is 9.84 Å². The quantitative estimate of drug-likeness (QED) is 0.685. The van der Waals surface area contributed by atoms with Crippen LogP contribution in [0.2, 0.25) is 0 Å². The van der Waals surface area contributed by atoms with Crippen LogP contribution < -0.4 is 4.90 Å². The minimum Gasteiger partial charge on any atom is -0.369 e. The van der Waals surface area contributed by atoms with E-state index in [-0.39, 0.29) is 11.5 Å². The summed E-state index contributed by atoms with van der Waals surface area (Å²) in [6.45, 7) is 1.21. The molecule has 75 valence electrons. The highest BCUT2D eigenvalue weighted by molar-refractivity contribution is 7.91. The predicted octanol–water partition coefficient (Wildman–Crippen LogP) is 0.722. The highest BCUT2D eigenvalue weighted by Gasteiger charge is 2.21. The summed E-state index contributed by atoms with van der Waals surface area (Å²) in [4.78, 5) is 2.09. The summed E-state index contributed by atoms with van der Waals surface area (Å²) in [5, 5.41) is 0. The third kappa shape index (κ3) is 2.07. The standard InChI is InChI=1S/C10H12NO2S/c12-14(13)8-6-11(7-9-14)10-4-2-1-3-5-10/h2-5H,6-9H2. The molecule has 1 aromatic carbocycles. The molecule has 1 heterocycles. The van der Waals surface area contributed by atoms with Crippen molar-refractivity contribution in [3.63, 3.8) is 0 Å². The molecule has 2 rings (SSSR count). The van der Waals surface area contributed by atoms with Gasteiger partial charge in [0.2, 0.25) is 0 Å². The molecule has 14 heavy (non-hydrogen) atoms. The summed E-state index contributed by atoms with van der Waals surface area (Å²) in [6, 6.07) is 10.5. The van der Waals surface area contributed by atoms with Crippen LogP contribution in [-0.2, 0) is 9.84 Å². The van der Waals surface area contributed by atoms with E-state index in [2.05, 4.69) is 11.0 Å². The molecule has 0 spiro atoms. The smallest absolute Gasteiger partial charge is 0.153 e. The second-order valence-electron chi connectivity index (χ2n) is 3.40. The zero-order valence-corrected chi connectivity index (χ0v) is 8.63. The molecule has 1 saturated heterocycles. The predicted molar refractivity (Wildman–Crippen MR) is 56.1 cm³/mol. The molecule has 4 heteroatoms. The van der Waals surface area contributed by atoms with Gasteiger partial charge in [0.05, 0.1) is 11.5 Å². The summed E-state index contributed by atoms with van der Waals surface area (Å²) in [5.74, 6) is 0.539. The fraction of sp³-hybridized carbons (Fsp3) is 0.400. The zero-order valence-electron chi connectivity index (χ0n) is 7.81. The lowest BCUT2D eigenvalue weighted by Crippen LogP contribution is -2.40. The Kier molecular flexibility index (Phi) is 2.46. The number of benzene rings is 1. The van der Waals surface area contributed by atoms with Gasteiger partial charge in [0, 0.05) is 18.8 Å². The van der Waals surface area contributed by atoms with Gasteiger partial charge < -0.3 is 4.90 Å². The molecule has 0 amide bonds. The first-order valence-electron chi connectivity index (χ1n) is 4.59. The Labute approximate surface area is 84.3 Å². The molecule has 1 aliphatic heterocycles. The lowest BCUT2D eigenvalue weighted by atomic mass is 10.3. The molecule has 1 fully saturated rings. The van der Waals surface area contributed by atoms with Crippen molar-refractivity contribution >= 4 is 15.5 Å². The Morgan fingerprint density at radius 2 is 1.71 bits per heavy atom. The number of sulfone groups is 1. The normalized spacial score (nSPS) is 20.7. The maximum atomic E-state index is 11.2. The van der Waals surface area contributed by atoms with Gasteiger partial charge in [-0.2, -0.15) is 0 Å². The molecule has 3 nitrogen and oxygen atoms in total. The average Bonchev–Trinajstić information content (AvgIpc) is 2.19. The van der Waals surface area contributed by atoms with Crippen molar-refractivity contribution < 1.29 is 8.42 Å². The lowest BCUT2D eigenvalue weighted by Gasteiger charge is -2.28. The van der Waals surface area contributed by atoms with Crippen molar-refractivity contribution in [2.75, 3.05) is 29.5 Å². The van der Waals surface area contributed by atoms with Crippen molar-refractivity contribution in [2.45, 2.75) is 0 Å². The van der Waals surface area contributed by atoms with Crippen molar-refractivity contribution in [1.82, 2.24) is 0 Å². The van der Waals surface area contributed by atoms with E-state index in [1.54, 1.807) is 0 Å². The molecule has 0 unspecified atom stereocenters. The van der Waals surface area contributed by atoms with E-state index < -0.39 is 9.84 Å². The Morgan fingerprint density at radius 1 is 1.14 bits per heavy atom. The van der Waals surface area contributed by atoms with Crippen molar-refractivity contribution in [2.24, 2.45) is 0 Å².